The van der Waals surface area contributed by atoms with Crippen LogP contribution in [0.5, 0.6) is 0 Å². The number of halogens is 1. The summed E-state index contributed by atoms with van der Waals surface area (Å²) in [5.41, 5.74) is 2.71. The van der Waals surface area contributed by atoms with Gasteiger partial charge in [0.15, 0.2) is 5.82 Å². The van der Waals surface area contributed by atoms with Gasteiger partial charge in [-0.2, -0.15) is 0 Å². The molecule has 0 fully saturated rings. The Hall–Kier alpha value is -1.50. The van der Waals surface area contributed by atoms with E-state index in [1.54, 1.807) is 16.9 Å². The highest BCUT2D eigenvalue weighted by molar-refractivity contribution is 9.10. The average molecular weight is 417 g/mol. The van der Waals surface area contributed by atoms with E-state index in [2.05, 4.69) is 60.3 Å². The lowest BCUT2D eigenvalue weighted by atomic mass is 9.97. The molecule has 0 radical (unpaired) electrons. The molecular formula is C19H21BrN4S. The van der Waals surface area contributed by atoms with Crippen LogP contribution in [0.4, 0.5) is 0 Å². The molecule has 1 aromatic carbocycles. The zero-order valence-electron chi connectivity index (χ0n) is 14.0. The van der Waals surface area contributed by atoms with Crippen LogP contribution in [0, 0.1) is 0 Å². The predicted molar refractivity (Wildman–Crippen MR) is 107 cm³/mol. The van der Waals surface area contributed by atoms with Crippen LogP contribution in [0.1, 0.15) is 37.0 Å². The summed E-state index contributed by atoms with van der Waals surface area (Å²) >= 11 is 5.18. The number of allylic oxidation sites excluding steroid dienone is 1. The standard InChI is InChI=1S/C19H21BrN4S/c20-16-8-6-15(7-9-16)18-22-23-19-24(18)13-17(25-19)12-21-11-10-14-4-2-1-3-5-14/h4,6-9,13,21H,1-3,5,10-12H2. The molecule has 0 amide bonds. The highest BCUT2D eigenvalue weighted by Crippen LogP contribution is 2.25. The van der Waals surface area contributed by atoms with Crippen LogP contribution in [0.2, 0.25) is 0 Å². The number of thiazole rings is 1. The van der Waals surface area contributed by atoms with E-state index in [0.717, 1.165) is 33.9 Å². The van der Waals surface area contributed by atoms with Crippen LogP contribution in [0.15, 0.2) is 46.6 Å². The maximum atomic E-state index is 4.33. The quantitative estimate of drug-likeness (QED) is 0.443. The lowest BCUT2D eigenvalue weighted by molar-refractivity contribution is 0.634. The second-order valence-corrected chi connectivity index (χ2v) is 8.42. The van der Waals surface area contributed by atoms with E-state index < -0.39 is 0 Å². The molecule has 25 heavy (non-hydrogen) atoms. The molecule has 4 nitrogen and oxygen atoms in total. The largest absolute Gasteiger partial charge is 0.311 e. The monoisotopic (exact) mass is 416 g/mol. The molecule has 2 heterocycles. The molecule has 6 heteroatoms. The van der Waals surface area contributed by atoms with Gasteiger partial charge in [0, 0.05) is 27.7 Å². The second kappa shape index (κ2) is 7.81. The van der Waals surface area contributed by atoms with Gasteiger partial charge in [0.2, 0.25) is 4.96 Å². The molecule has 2 aromatic heterocycles. The van der Waals surface area contributed by atoms with Crippen LogP contribution in [0.3, 0.4) is 0 Å². The van der Waals surface area contributed by atoms with Crippen LogP contribution in [-0.4, -0.2) is 21.1 Å². The molecule has 0 unspecified atom stereocenters. The fraction of sp³-hybridized carbons (Fsp3) is 0.368. The Morgan fingerprint density at radius 3 is 2.84 bits per heavy atom. The van der Waals surface area contributed by atoms with E-state index in [0.29, 0.717) is 0 Å². The lowest BCUT2D eigenvalue weighted by Gasteiger charge is -2.12. The second-order valence-electron chi connectivity index (χ2n) is 6.42. The van der Waals surface area contributed by atoms with Gasteiger partial charge in [-0.05, 0) is 50.8 Å². The van der Waals surface area contributed by atoms with E-state index >= 15 is 0 Å². The summed E-state index contributed by atoms with van der Waals surface area (Å²) < 4.78 is 3.16. The molecule has 0 bridgehead atoms. The Bertz CT molecular complexity index is 879. The minimum Gasteiger partial charge on any atom is -0.311 e. The number of aromatic nitrogens is 3. The normalized spacial score (nSPS) is 14.8. The maximum absolute atomic E-state index is 4.33. The third-order valence-electron chi connectivity index (χ3n) is 4.57. The number of nitrogens with zero attached hydrogens (tertiary/aromatic N) is 3. The molecule has 130 valence electrons. The molecular weight excluding hydrogens is 396 g/mol. The average Bonchev–Trinajstić information content (AvgIpc) is 3.21. The molecule has 0 saturated heterocycles. The van der Waals surface area contributed by atoms with Crippen molar-refractivity contribution in [2.45, 2.75) is 38.6 Å². The third-order valence-corrected chi connectivity index (χ3v) is 6.07. The topological polar surface area (TPSA) is 42.2 Å². The van der Waals surface area contributed by atoms with Crippen molar-refractivity contribution in [1.82, 2.24) is 19.9 Å². The van der Waals surface area contributed by atoms with Gasteiger partial charge in [-0.3, -0.25) is 4.40 Å². The van der Waals surface area contributed by atoms with Crippen LogP contribution in [-0.2, 0) is 6.54 Å². The summed E-state index contributed by atoms with van der Waals surface area (Å²) in [6.45, 7) is 1.94. The summed E-state index contributed by atoms with van der Waals surface area (Å²) in [6, 6.07) is 8.19. The van der Waals surface area contributed by atoms with Gasteiger partial charge >= 0.3 is 0 Å². The Morgan fingerprint density at radius 1 is 1.16 bits per heavy atom. The zero-order chi connectivity index (χ0) is 17.1. The Kier molecular flexibility index (Phi) is 5.29. The Labute approximate surface area is 160 Å². The van der Waals surface area contributed by atoms with Crippen molar-refractivity contribution in [2.24, 2.45) is 0 Å². The molecule has 1 N–H and O–H groups in total. The Balaban J connectivity index is 1.40. The summed E-state index contributed by atoms with van der Waals surface area (Å²) in [6.07, 6.45) is 11.0. The minimum absolute atomic E-state index is 0.890. The summed E-state index contributed by atoms with van der Waals surface area (Å²) in [4.78, 5) is 2.24. The van der Waals surface area contributed by atoms with Gasteiger partial charge in [0.05, 0.1) is 0 Å². The van der Waals surface area contributed by atoms with E-state index in [1.807, 2.05) is 12.1 Å². The highest BCUT2D eigenvalue weighted by Gasteiger charge is 2.11. The smallest absolute Gasteiger partial charge is 0.216 e. The number of fused-ring (bicyclic) bond motifs is 1. The lowest BCUT2D eigenvalue weighted by Crippen LogP contribution is -2.15. The van der Waals surface area contributed by atoms with Crippen molar-refractivity contribution in [3.63, 3.8) is 0 Å². The van der Waals surface area contributed by atoms with E-state index in [1.165, 1.54) is 37.0 Å². The predicted octanol–water partition coefficient (Wildman–Crippen LogP) is 5.20. The Morgan fingerprint density at radius 2 is 2.04 bits per heavy atom. The van der Waals surface area contributed by atoms with Crippen molar-refractivity contribution in [3.05, 3.63) is 51.5 Å². The van der Waals surface area contributed by atoms with Crippen LogP contribution in [0.25, 0.3) is 16.3 Å². The van der Waals surface area contributed by atoms with Gasteiger partial charge in [-0.25, -0.2) is 0 Å². The van der Waals surface area contributed by atoms with Crippen LogP contribution >= 0.6 is 27.3 Å². The summed E-state index contributed by atoms with van der Waals surface area (Å²) in [7, 11) is 0. The zero-order valence-corrected chi connectivity index (χ0v) is 16.4. The SMILES string of the molecule is Brc1ccc(-c2nnc3sc(CNCCC4=CCCCC4)cn23)cc1. The number of nitrogens with one attached hydrogen (secondary N) is 1. The first-order valence-corrected chi connectivity index (χ1v) is 10.4. The van der Waals surface area contributed by atoms with Crippen molar-refractivity contribution >= 4 is 32.2 Å². The van der Waals surface area contributed by atoms with Crippen molar-refractivity contribution in [3.8, 4) is 11.4 Å². The van der Waals surface area contributed by atoms with Crippen LogP contribution < -0.4 is 5.32 Å². The molecule has 0 spiro atoms. The first-order valence-electron chi connectivity index (χ1n) is 8.77. The summed E-state index contributed by atoms with van der Waals surface area (Å²) in [5.74, 6) is 0.900. The minimum atomic E-state index is 0.890. The number of hydrogen-bond donors (Lipinski definition) is 1. The van der Waals surface area contributed by atoms with Crippen molar-refractivity contribution < 1.29 is 0 Å². The molecule has 0 saturated carbocycles. The van der Waals surface area contributed by atoms with Crippen molar-refractivity contribution in [2.75, 3.05) is 6.54 Å². The van der Waals surface area contributed by atoms with E-state index in [4.69, 9.17) is 0 Å². The van der Waals surface area contributed by atoms with Gasteiger partial charge in [0.1, 0.15) is 0 Å². The maximum Gasteiger partial charge on any atom is 0.216 e. The van der Waals surface area contributed by atoms with E-state index in [-0.39, 0.29) is 0 Å². The molecule has 4 rings (SSSR count). The first-order chi connectivity index (χ1) is 12.3. The highest BCUT2D eigenvalue weighted by atomic mass is 79.9. The van der Waals surface area contributed by atoms with Gasteiger partial charge in [0.25, 0.3) is 0 Å². The third kappa shape index (κ3) is 4.02. The molecule has 3 aromatic rings. The number of rotatable bonds is 6. The molecule has 0 aliphatic heterocycles. The molecule has 1 aliphatic carbocycles. The van der Waals surface area contributed by atoms with Gasteiger partial charge < -0.3 is 5.32 Å². The van der Waals surface area contributed by atoms with E-state index in [9.17, 15) is 0 Å². The van der Waals surface area contributed by atoms with Gasteiger partial charge in [-0.15, -0.1) is 10.2 Å². The number of benzene rings is 1. The number of hydrogen-bond acceptors (Lipinski definition) is 4. The van der Waals surface area contributed by atoms with Gasteiger partial charge in [-0.1, -0.05) is 51.0 Å². The fourth-order valence-corrected chi connectivity index (χ4v) is 4.37. The fourth-order valence-electron chi connectivity index (χ4n) is 3.22. The molecule has 0 atom stereocenters. The molecule has 1 aliphatic rings. The first kappa shape index (κ1) is 16.9. The van der Waals surface area contributed by atoms with Crippen molar-refractivity contribution in [1.29, 1.82) is 0 Å². The summed E-state index contributed by atoms with van der Waals surface area (Å²) in [5, 5.41) is 12.2.